The summed E-state index contributed by atoms with van der Waals surface area (Å²) in [5.74, 6) is -0.0941. The van der Waals surface area contributed by atoms with Gasteiger partial charge in [0.2, 0.25) is 5.91 Å². The van der Waals surface area contributed by atoms with E-state index in [-0.39, 0.29) is 18.1 Å². The van der Waals surface area contributed by atoms with Gasteiger partial charge >= 0.3 is 6.61 Å². The number of ether oxygens (including phenoxy) is 1. The Morgan fingerprint density at radius 2 is 1.88 bits per heavy atom. The van der Waals surface area contributed by atoms with Crippen molar-refractivity contribution in [3.8, 4) is 5.75 Å². The molecule has 2 rings (SSSR count). The highest BCUT2D eigenvalue weighted by molar-refractivity contribution is 5.92. The van der Waals surface area contributed by atoms with Gasteiger partial charge in [-0.25, -0.2) is 0 Å². The first kappa shape index (κ1) is 17.9. The Labute approximate surface area is 139 Å². The van der Waals surface area contributed by atoms with Crippen LogP contribution in [0, 0.1) is 0 Å². The van der Waals surface area contributed by atoms with Gasteiger partial charge < -0.3 is 15.4 Å². The third kappa shape index (κ3) is 5.96. The molecule has 2 aromatic rings. The molecule has 6 heteroatoms. The van der Waals surface area contributed by atoms with Crippen molar-refractivity contribution in [1.82, 2.24) is 5.32 Å². The number of hydrogen-bond donors (Lipinski definition) is 2. The Balaban J connectivity index is 1.90. The highest BCUT2D eigenvalue weighted by Gasteiger charge is 2.07. The van der Waals surface area contributed by atoms with Crippen LogP contribution < -0.4 is 15.4 Å². The minimum atomic E-state index is -2.85. The molecule has 24 heavy (non-hydrogen) atoms. The topological polar surface area (TPSA) is 50.4 Å². The van der Waals surface area contributed by atoms with Gasteiger partial charge in [-0.2, -0.15) is 8.78 Å². The van der Waals surface area contributed by atoms with Gasteiger partial charge in [-0.1, -0.05) is 31.2 Å². The molecule has 2 N–H and O–H groups in total. The first-order valence-corrected chi connectivity index (χ1v) is 7.70. The van der Waals surface area contributed by atoms with E-state index >= 15 is 0 Å². The number of nitrogens with one attached hydrogen (secondary N) is 2. The Bertz CT molecular complexity index is 660. The summed E-state index contributed by atoms with van der Waals surface area (Å²) >= 11 is 0. The fourth-order valence-corrected chi connectivity index (χ4v) is 2.21. The molecule has 128 valence electrons. The molecule has 1 amide bonds. The van der Waals surface area contributed by atoms with Crippen LogP contribution in [0.5, 0.6) is 5.75 Å². The smallest absolute Gasteiger partial charge is 0.387 e. The first-order valence-electron chi connectivity index (χ1n) is 7.70. The minimum absolute atomic E-state index is 0.0743. The van der Waals surface area contributed by atoms with E-state index in [1.54, 1.807) is 12.1 Å². The standard InChI is InChI=1S/C18H20F2N2O2/c1-2-21-12-14-4-3-5-15(10-14)22-17(23)11-13-6-8-16(9-7-13)24-18(19)20/h3-10,18,21H,2,11-12H2,1H3,(H,22,23). The Morgan fingerprint density at radius 1 is 1.12 bits per heavy atom. The lowest BCUT2D eigenvalue weighted by molar-refractivity contribution is -0.115. The predicted octanol–water partition coefficient (Wildman–Crippen LogP) is 3.58. The van der Waals surface area contributed by atoms with Crippen molar-refractivity contribution < 1.29 is 18.3 Å². The van der Waals surface area contributed by atoms with E-state index in [0.717, 1.165) is 29.9 Å². The summed E-state index contributed by atoms with van der Waals surface area (Å²) in [7, 11) is 0. The lowest BCUT2D eigenvalue weighted by Crippen LogP contribution is -2.15. The SMILES string of the molecule is CCNCc1cccc(NC(=O)Cc2ccc(OC(F)F)cc2)c1. The average molecular weight is 334 g/mol. The minimum Gasteiger partial charge on any atom is -0.435 e. The molecule has 0 radical (unpaired) electrons. The van der Waals surface area contributed by atoms with Crippen LogP contribution in [-0.4, -0.2) is 19.1 Å². The van der Waals surface area contributed by atoms with E-state index in [1.165, 1.54) is 12.1 Å². The largest absolute Gasteiger partial charge is 0.435 e. The van der Waals surface area contributed by atoms with Crippen LogP contribution in [0.25, 0.3) is 0 Å². The summed E-state index contributed by atoms with van der Waals surface area (Å²) in [5.41, 5.74) is 2.54. The van der Waals surface area contributed by atoms with Gasteiger partial charge in [-0.15, -0.1) is 0 Å². The van der Waals surface area contributed by atoms with Gasteiger partial charge in [0.25, 0.3) is 0 Å². The number of carbonyl (C=O) groups is 1. The number of halogens is 2. The van der Waals surface area contributed by atoms with E-state index in [0.29, 0.717) is 0 Å². The Hall–Kier alpha value is -2.47. The van der Waals surface area contributed by atoms with Crippen molar-refractivity contribution >= 4 is 11.6 Å². The summed E-state index contributed by atoms with van der Waals surface area (Å²) in [6.07, 6.45) is 0.159. The van der Waals surface area contributed by atoms with Gasteiger partial charge in [-0.3, -0.25) is 4.79 Å². The van der Waals surface area contributed by atoms with E-state index in [2.05, 4.69) is 15.4 Å². The summed E-state index contributed by atoms with van der Waals surface area (Å²) < 4.78 is 28.5. The molecule has 0 saturated carbocycles. The third-order valence-corrected chi connectivity index (χ3v) is 3.30. The number of carbonyl (C=O) groups excluding carboxylic acids is 1. The molecule has 0 spiro atoms. The van der Waals surface area contributed by atoms with Crippen LogP contribution in [-0.2, 0) is 17.8 Å². The van der Waals surface area contributed by atoms with E-state index in [9.17, 15) is 13.6 Å². The fourth-order valence-electron chi connectivity index (χ4n) is 2.21. The van der Waals surface area contributed by atoms with Crippen molar-refractivity contribution in [3.63, 3.8) is 0 Å². The summed E-state index contributed by atoms with van der Waals surface area (Å²) in [6.45, 7) is 0.797. The molecule has 0 unspecified atom stereocenters. The quantitative estimate of drug-likeness (QED) is 0.776. The van der Waals surface area contributed by atoms with Crippen LogP contribution in [0.15, 0.2) is 48.5 Å². The Morgan fingerprint density at radius 3 is 2.54 bits per heavy atom. The molecule has 4 nitrogen and oxygen atoms in total. The molecular formula is C18H20F2N2O2. The summed E-state index contributed by atoms with van der Waals surface area (Å²) in [4.78, 5) is 12.1. The maximum Gasteiger partial charge on any atom is 0.387 e. The van der Waals surface area contributed by atoms with Gasteiger partial charge in [0.1, 0.15) is 5.75 Å². The number of amides is 1. The monoisotopic (exact) mass is 334 g/mol. The number of hydrogen-bond acceptors (Lipinski definition) is 3. The molecule has 0 aliphatic heterocycles. The number of rotatable bonds is 8. The second-order valence-corrected chi connectivity index (χ2v) is 5.23. The molecule has 0 heterocycles. The van der Waals surface area contributed by atoms with E-state index in [4.69, 9.17) is 0 Å². The third-order valence-electron chi connectivity index (χ3n) is 3.30. The van der Waals surface area contributed by atoms with Crippen LogP contribution in [0.1, 0.15) is 18.1 Å². The van der Waals surface area contributed by atoms with Crippen molar-refractivity contribution in [1.29, 1.82) is 0 Å². The number of anilines is 1. The van der Waals surface area contributed by atoms with E-state index < -0.39 is 6.61 Å². The molecule has 0 aromatic heterocycles. The van der Waals surface area contributed by atoms with Crippen LogP contribution >= 0.6 is 0 Å². The normalized spacial score (nSPS) is 10.7. The molecule has 0 aliphatic carbocycles. The Kier molecular flexibility index (Phi) is 6.69. The van der Waals surface area contributed by atoms with Crippen LogP contribution in [0.3, 0.4) is 0 Å². The van der Waals surface area contributed by atoms with Crippen molar-refractivity contribution in [2.45, 2.75) is 26.5 Å². The molecule has 0 atom stereocenters. The molecule has 0 fully saturated rings. The maximum atomic E-state index is 12.1. The lowest BCUT2D eigenvalue weighted by Gasteiger charge is -2.09. The molecular weight excluding hydrogens is 314 g/mol. The van der Waals surface area contributed by atoms with E-state index in [1.807, 2.05) is 31.2 Å². The number of benzene rings is 2. The number of alkyl halides is 2. The lowest BCUT2D eigenvalue weighted by atomic mass is 10.1. The molecule has 0 aliphatic rings. The predicted molar refractivity (Wildman–Crippen MR) is 89.2 cm³/mol. The van der Waals surface area contributed by atoms with Gasteiger partial charge in [-0.05, 0) is 41.9 Å². The molecule has 0 bridgehead atoms. The van der Waals surface area contributed by atoms with Crippen LogP contribution in [0.4, 0.5) is 14.5 Å². The zero-order valence-electron chi connectivity index (χ0n) is 13.4. The first-order chi connectivity index (χ1) is 11.6. The average Bonchev–Trinajstić information content (AvgIpc) is 2.54. The van der Waals surface area contributed by atoms with Crippen molar-refractivity contribution in [2.75, 3.05) is 11.9 Å². The zero-order valence-corrected chi connectivity index (χ0v) is 13.4. The molecule has 2 aromatic carbocycles. The van der Waals surface area contributed by atoms with Crippen LogP contribution in [0.2, 0.25) is 0 Å². The highest BCUT2D eigenvalue weighted by atomic mass is 19.3. The van der Waals surface area contributed by atoms with Gasteiger partial charge in [0.05, 0.1) is 6.42 Å². The fraction of sp³-hybridized carbons (Fsp3) is 0.278. The second kappa shape index (κ2) is 8.98. The van der Waals surface area contributed by atoms with Crippen molar-refractivity contribution in [3.05, 3.63) is 59.7 Å². The maximum absolute atomic E-state index is 12.1. The van der Waals surface area contributed by atoms with Crippen molar-refractivity contribution in [2.24, 2.45) is 0 Å². The molecule has 0 saturated heterocycles. The van der Waals surface area contributed by atoms with Gasteiger partial charge in [0, 0.05) is 12.2 Å². The van der Waals surface area contributed by atoms with Gasteiger partial charge in [0.15, 0.2) is 0 Å². The summed E-state index contributed by atoms with van der Waals surface area (Å²) in [6, 6.07) is 13.7. The zero-order chi connectivity index (χ0) is 17.4. The second-order valence-electron chi connectivity index (χ2n) is 5.23. The highest BCUT2D eigenvalue weighted by Crippen LogP contribution is 2.16. The summed E-state index contributed by atoms with van der Waals surface area (Å²) in [5, 5.41) is 6.06.